The van der Waals surface area contributed by atoms with Crippen LogP contribution in [0.1, 0.15) is 187 Å². The first-order chi connectivity index (χ1) is 32.1. The van der Waals surface area contributed by atoms with Crippen molar-refractivity contribution in [2.75, 3.05) is 41.0 Å². The Labute approximate surface area is 404 Å². The Bertz CT molecular complexity index is 1440. The Balaban J connectivity index is 4.34. The predicted molar refractivity (Wildman–Crippen MR) is 277 cm³/mol. The zero-order chi connectivity index (χ0) is 48.4. The van der Waals surface area contributed by atoms with E-state index in [1.807, 2.05) is 0 Å². The van der Waals surface area contributed by atoms with Gasteiger partial charge in [-0.25, -0.2) is 0 Å². The van der Waals surface area contributed by atoms with E-state index in [4.69, 9.17) is 14.2 Å². The normalized spacial score (nSPS) is 13.8. The van der Waals surface area contributed by atoms with Crippen molar-refractivity contribution in [3.8, 4) is 0 Å². The van der Waals surface area contributed by atoms with Gasteiger partial charge < -0.3 is 28.6 Å². The first kappa shape index (κ1) is 62.0. The first-order valence-electron chi connectivity index (χ1n) is 25.9. The van der Waals surface area contributed by atoms with E-state index in [2.05, 4.69) is 123 Å². The van der Waals surface area contributed by atoms with Crippen molar-refractivity contribution in [2.45, 2.75) is 199 Å². The molecule has 0 heterocycles. The molecule has 0 rings (SSSR count). The Morgan fingerprint density at radius 1 is 0.455 bits per heavy atom. The van der Waals surface area contributed by atoms with Gasteiger partial charge in [0, 0.05) is 19.3 Å². The molecular formula is C58H95NO7. The number of likely N-dealkylation sites (N-methyl/N-ethyl adjacent to an activating group) is 1. The number of carboxylic acids is 1. The number of hydrogen-bond donors (Lipinski definition) is 0. The molecule has 0 aliphatic carbocycles. The summed E-state index contributed by atoms with van der Waals surface area (Å²) in [5.74, 6) is -1.79. The number of esters is 2. The summed E-state index contributed by atoms with van der Waals surface area (Å²) in [5, 5.41) is 11.7. The number of carbonyl (C=O) groups excluding carboxylic acids is 3. The van der Waals surface area contributed by atoms with Crippen LogP contribution >= 0.6 is 0 Å². The Morgan fingerprint density at radius 3 is 1.20 bits per heavy atom. The van der Waals surface area contributed by atoms with E-state index >= 15 is 0 Å². The number of carbonyl (C=O) groups is 3. The SMILES string of the molecule is CC/C=C/C/C=C/C/C=C/C/C=C/C/C=C/C/C=C/CCCCCC(=O)OCC(COCCC(C(=O)[O-])[N+](C)(C)C)OC(=O)CCCCCCCCCCCC/C=C/C/C=C/C/C=C/CC. The summed E-state index contributed by atoms with van der Waals surface area (Å²) in [6.45, 7) is 4.39. The van der Waals surface area contributed by atoms with Crippen LogP contribution in [0.25, 0.3) is 0 Å². The van der Waals surface area contributed by atoms with Gasteiger partial charge in [-0.1, -0.05) is 181 Å². The number of unbranched alkanes of at least 4 members (excludes halogenated alkanes) is 13. The number of hydrogen-bond acceptors (Lipinski definition) is 7. The minimum Gasteiger partial charge on any atom is -0.544 e. The molecule has 0 amide bonds. The highest BCUT2D eigenvalue weighted by molar-refractivity contribution is 5.70. The number of quaternary nitrogens is 1. The third kappa shape index (κ3) is 45.2. The lowest BCUT2D eigenvalue weighted by molar-refractivity contribution is -0.889. The highest BCUT2D eigenvalue weighted by atomic mass is 16.6. The quantitative estimate of drug-likeness (QED) is 0.0259. The second-order valence-electron chi connectivity index (χ2n) is 18.0. The molecule has 66 heavy (non-hydrogen) atoms. The van der Waals surface area contributed by atoms with Crippen LogP contribution in [0, 0.1) is 0 Å². The maximum Gasteiger partial charge on any atom is 0.306 e. The molecule has 0 saturated carbocycles. The molecule has 0 aliphatic heterocycles. The summed E-state index contributed by atoms with van der Waals surface area (Å²) in [4.78, 5) is 37.1. The van der Waals surface area contributed by atoms with E-state index in [-0.39, 0.29) is 42.7 Å². The number of rotatable bonds is 45. The van der Waals surface area contributed by atoms with E-state index in [1.54, 1.807) is 21.1 Å². The summed E-state index contributed by atoms with van der Waals surface area (Å²) in [5.41, 5.74) is 0. The molecule has 0 aliphatic rings. The van der Waals surface area contributed by atoms with E-state index in [0.29, 0.717) is 12.8 Å². The molecule has 0 saturated heterocycles. The highest BCUT2D eigenvalue weighted by Crippen LogP contribution is 2.14. The number of aliphatic carboxylic acids is 1. The third-order valence-corrected chi connectivity index (χ3v) is 10.9. The van der Waals surface area contributed by atoms with Crippen molar-refractivity contribution in [1.82, 2.24) is 0 Å². The van der Waals surface area contributed by atoms with E-state index in [0.717, 1.165) is 103 Å². The fourth-order valence-corrected chi connectivity index (χ4v) is 6.97. The molecule has 0 aromatic heterocycles. The minimum atomic E-state index is -1.13. The van der Waals surface area contributed by atoms with Crippen LogP contribution in [0.15, 0.2) is 109 Å². The molecule has 0 spiro atoms. The molecule has 374 valence electrons. The van der Waals surface area contributed by atoms with Crippen molar-refractivity contribution >= 4 is 17.9 Å². The Morgan fingerprint density at radius 2 is 0.803 bits per heavy atom. The molecule has 0 aromatic rings. The molecule has 0 aromatic carbocycles. The molecule has 8 heteroatoms. The Hall–Kier alpha value is -4.01. The number of ether oxygens (including phenoxy) is 3. The van der Waals surface area contributed by atoms with Crippen molar-refractivity contribution in [3.05, 3.63) is 109 Å². The second kappa shape index (κ2) is 47.5. The Kier molecular flexibility index (Phi) is 44.6. The topological polar surface area (TPSA) is 102 Å². The summed E-state index contributed by atoms with van der Waals surface area (Å²) in [6, 6.07) is -0.739. The van der Waals surface area contributed by atoms with E-state index in [1.165, 1.54) is 51.4 Å². The lowest BCUT2D eigenvalue weighted by Gasteiger charge is -2.34. The van der Waals surface area contributed by atoms with Crippen molar-refractivity contribution in [1.29, 1.82) is 0 Å². The van der Waals surface area contributed by atoms with Crippen molar-refractivity contribution < 1.29 is 38.2 Å². The lowest BCUT2D eigenvalue weighted by atomic mass is 10.0. The summed E-state index contributed by atoms with van der Waals surface area (Å²) in [6.07, 6.45) is 65.5. The van der Waals surface area contributed by atoms with Crippen LogP contribution in [0.3, 0.4) is 0 Å². The van der Waals surface area contributed by atoms with Crippen molar-refractivity contribution in [3.63, 3.8) is 0 Å². The average molecular weight is 918 g/mol. The molecule has 2 atom stereocenters. The number of carboxylic acid groups (broad SMARTS) is 1. The number of allylic oxidation sites excluding steroid dienone is 18. The molecule has 0 bridgehead atoms. The van der Waals surface area contributed by atoms with Crippen LogP contribution in [0.5, 0.6) is 0 Å². The van der Waals surface area contributed by atoms with Gasteiger partial charge in [-0.15, -0.1) is 0 Å². The standard InChI is InChI=1S/C58H95NO7/c1-6-8-10-12-14-16-18-20-22-24-26-28-29-31-32-34-36-38-40-42-44-46-48-56(60)65-53-54(52-64-51-50-55(58(62)63)59(3,4)5)66-57(61)49-47-45-43-41-39-37-35-33-30-27-25-23-21-19-17-15-13-11-9-7-2/h8-11,14-17,20-23,26,28,31-32,36,38,54-55H,6-7,12-13,18-19,24-25,27,29-30,33-35,37,39-53H2,1-5H3/b10-8+,11-9+,16-14+,17-15+,22-20+,23-21+,28-26+,32-31+,38-36+. The van der Waals surface area contributed by atoms with Crippen LogP contribution in [0.4, 0.5) is 0 Å². The van der Waals surface area contributed by atoms with Crippen LogP contribution in [-0.4, -0.2) is 75.5 Å². The maximum atomic E-state index is 12.8. The van der Waals surface area contributed by atoms with Gasteiger partial charge in [0.15, 0.2) is 6.10 Å². The zero-order valence-corrected chi connectivity index (χ0v) is 42.6. The van der Waals surface area contributed by atoms with Gasteiger partial charge in [-0.05, 0) is 96.3 Å². The third-order valence-electron chi connectivity index (χ3n) is 10.9. The fraction of sp³-hybridized carbons (Fsp3) is 0.638. The smallest absolute Gasteiger partial charge is 0.306 e. The molecule has 0 N–H and O–H groups in total. The molecule has 8 nitrogen and oxygen atoms in total. The van der Waals surface area contributed by atoms with Gasteiger partial charge in [0.1, 0.15) is 12.6 Å². The highest BCUT2D eigenvalue weighted by Gasteiger charge is 2.25. The largest absolute Gasteiger partial charge is 0.544 e. The average Bonchev–Trinajstić information content (AvgIpc) is 3.28. The van der Waals surface area contributed by atoms with Gasteiger partial charge >= 0.3 is 11.9 Å². The molecule has 0 radical (unpaired) electrons. The molecular weight excluding hydrogens is 823 g/mol. The van der Waals surface area contributed by atoms with Gasteiger partial charge in [0.25, 0.3) is 0 Å². The summed E-state index contributed by atoms with van der Waals surface area (Å²) in [7, 11) is 5.39. The zero-order valence-electron chi connectivity index (χ0n) is 42.6. The van der Waals surface area contributed by atoms with Crippen LogP contribution in [-0.2, 0) is 28.6 Å². The lowest BCUT2D eigenvalue weighted by Crippen LogP contribution is -2.55. The van der Waals surface area contributed by atoms with Crippen LogP contribution in [0.2, 0.25) is 0 Å². The number of nitrogens with zero attached hydrogens (tertiary/aromatic N) is 1. The van der Waals surface area contributed by atoms with Gasteiger partial charge in [-0.3, -0.25) is 9.59 Å². The fourth-order valence-electron chi connectivity index (χ4n) is 6.97. The monoisotopic (exact) mass is 918 g/mol. The first-order valence-corrected chi connectivity index (χ1v) is 25.9. The van der Waals surface area contributed by atoms with Gasteiger partial charge in [0.05, 0.1) is 40.3 Å². The second-order valence-corrected chi connectivity index (χ2v) is 18.0. The van der Waals surface area contributed by atoms with Gasteiger partial charge in [-0.2, -0.15) is 0 Å². The van der Waals surface area contributed by atoms with Crippen molar-refractivity contribution in [2.24, 2.45) is 0 Å². The predicted octanol–water partition coefficient (Wildman–Crippen LogP) is 13.9. The summed E-state index contributed by atoms with van der Waals surface area (Å²) >= 11 is 0. The van der Waals surface area contributed by atoms with E-state index in [9.17, 15) is 19.5 Å². The minimum absolute atomic E-state index is 0.0214. The van der Waals surface area contributed by atoms with Crippen LogP contribution < -0.4 is 5.11 Å². The maximum absolute atomic E-state index is 12.8. The molecule has 2 unspecified atom stereocenters. The summed E-state index contributed by atoms with van der Waals surface area (Å²) < 4.78 is 17.2. The van der Waals surface area contributed by atoms with E-state index < -0.39 is 18.1 Å². The van der Waals surface area contributed by atoms with Gasteiger partial charge in [0.2, 0.25) is 0 Å². The molecule has 0 fully saturated rings.